The van der Waals surface area contributed by atoms with Gasteiger partial charge in [0.1, 0.15) is 0 Å². The fraction of sp³-hybridized carbons (Fsp3) is 1.00. The molecule has 0 aliphatic carbocycles. The molecular weight excluding hydrogens is 160 g/mol. The van der Waals surface area contributed by atoms with E-state index in [0.29, 0.717) is 6.17 Å². The third-order valence-corrected chi connectivity index (χ3v) is 2.44. The molecule has 0 aromatic carbocycles. The number of hydrogen-bond acceptors (Lipinski definition) is 2. The van der Waals surface area contributed by atoms with E-state index in [1.807, 2.05) is 0 Å². The number of nitrogens with one attached hydrogen (secondary N) is 2. The quantitative estimate of drug-likeness (QED) is 0.569. The van der Waals surface area contributed by atoms with E-state index in [2.05, 4.69) is 38.3 Å². The van der Waals surface area contributed by atoms with Crippen molar-refractivity contribution in [3.05, 3.63) is 0 Å². The Balaban J connectivity index is 3.72. The minimum Gasteiger partial charge on any atom is -0.302 e. The molecule has 0 heterocycles. The lowest BCUT2D eigenvalue weighted by Crippen LogP contribution is -2.47. The SMILES string of the molecule is CCCNC(NCCC)C(C)CC. The van der Waals surface area contributed by atoms with Crippen molar-refractivity contribution in [2.24, 2.45) is 5.92 Å². The van der Waals surface area contributed by atoms with Gasteiger partial charge in [0.15, 0.2) is 0 Å². The molecule has 1 atom stereocenters. The molecule has 80 valence electrons. The van der Waals surface area contributed by atoms with Gasteiger partial charge in [-0.2, -0.15) is 0 Å². The predicted octanol–water partition coefficient (Wildman–Crippen LogP) is 2.36. The summed E-state index contributed by atoms with van der Waals surface area (Å²) < 4.78 is 0. The highest BCUT2D eigenvalue weighted by Crippen LogP contribution is 2.04. The summed E-state index contributed by atoms with van der Waals surface area (Å²) in [5, 5.41) is 7.09. The van der Waals surface area contributed by atoms with Gasteiger partial charge in [0.2, 0.25) is 0 Å². The van der Waals surface area contributed by atoms with Gasteiger partial charge in [-0.25, -0.2) is 0 Å². The van der Waals surface area contributed by atoms with Gasteiger partial charge in [0.05, 0.1) is 6.17 Å². The number of hydrogen-bond donors (Lipinski definition) is 2. The van der Waals surface area contributed by atoms with Gasteiger partial charge in [-0.1, -0.05) is 34.1 Å². The average Bonchev–Trinajstić information content (AvgIpc) is 2.17. The van der Waals surface area contributed by atoms with Crippen LogP contribution in [0.1, 0.15) is 47.0 Å². The molecule has 2 nitrogen and oxygen atoms in total. The molecule has 0 saturated carbocycles. The number of rotatable bonds is 8. The fourth-order valence-electron chi connectivity index (χ4n) is 1.31. The zero-order valence-electron chi connectivity index (χ0n) is 9.69. The maximum atomic E-state index is 3.54. The molecule has 0 aliphatic rings. The Morgan fingerprint density at radius 3 is 1.69 bits per heavy atom. The van der Waals surface area contributed by atoms with E-state index >= 15 is 0 Å². The lowest BCUT2D eigenvalue weighted by Gasteiger charge is -2.25. The predicted molar refractivity (Wildman–Crippen MR) is 59.8 cm³/mol. The molecule has 2 heteroatoms. The smallest absolute Gasteiger partial charge is 0.0597 e. The zero-order valence-corrected chi connectivity index (χ0v) is 9.69. The van der Waals surface area contributed by atoms with Gasteiger partial charge < -0.3 is 10.6 Å². The molecule has 13 heavy (non-hydrogen) atoms. The summed E-state index contributed by atoms with van der Waals surface area (Å²) in [6.45, 7) is 11.2. The van der Waals surface area contributed by atoms with Crippen molar-refractivity contribution in [1.29, 1.82) is 0 Å². The van der Waals surface area contributed by atoms with Crippen molar-refractivity contribution in [2.45, 2.75) is 53.1 Å². The van der Waals surface area contributed by atoms with E-state index in [9.17, 15) is 0 Å². The maximum Gasteiger partial charge on any atom is 0.0597 e. The molecule has 0 radical (unpaired) electrons. The lowest BCUT2D eigenvalue weighted by atomic mass is 10.1. The molecule has 0 aromatic rings. The van der Waals surface area contributed by atoms with E-state index in [4.69, 9.17) is 0 Å². The highest BCUT2D eigenvalue weighted by molar-refractivity contribution is 4.69. The molecule has 0 bridgehead atoms. The van der Waals surface area contributed by atoms with Gasteiger partial charge >= 0.3 is 0 Å². The summed E-state index contributed by atoms with van der Waals surface area (Å²) in [7, 11) is 0. The van der Waals surface area contributed by atoms with Crippen molar-refractivity contribution in [3.63, 3.8) is 0 Å². The Hall–Kier alpha value is -0.0800. The highest BCUT2D eigenvalue weighted by Gasteiger charge is 2.12. The Kier molecular flexibility index (Phi) is 8.46. The zero-order chi connectivity index (χ0) is 10.1. The van der Waals surface area contributed by atoms with Crippen molar-refractivity contribution >= 4 is 0 Å². The minimum atomic E-state index is 0.505. The Morgan fingerprint density at radius 1 is 0.923 bits per heavy atom. The molecule has 0 saturated heterocycles. The first-order chi connectivity index (χ1) is 6.26. The van der Waals surface area contributed by atoms with Gasteiger partial charge in [-0.05, 0) is 31.8 Å². The van der Waals surface area contributed by atoms with Crippen molar-refractivity contribution in [1.82, 2.24) is 10.6 Å². The van der Waals surface area contributed by atoms with Crippen LogP contribution in [0.25, 0.3) is 0 Å². The second-order valence-corrected chi connectivity index (χ2v) is 3.77. The van der Waals surface area contributed by atoms with E-state index in [0.717, 1.165) is 19.0 Å². The normalized spacial score (nSPS) is 13.6. The molecular formula is C11H26N2. The summed E-state index contributed by atoms with van der Waals surface area (Å²) in [5.41, 5.74) is 0. The molecule has 0 rings (SSSR count). The topological polar surface area (TPSA) is 24.1 Å². The highest BCUT2D eigenvalue weighted by atomic mass is 15.1. The van der Waals surface area contributed by atoms with Gasteiger partial charge in [0.25, 0.3) is 0 Å². The van der Waals surface area contributed by atoms with Gasteiger partial charge in [-0.15, -0.1) is 0 Å². The third-order valence-electron chi connectivity index (χ3n) is 2.44. The van der Waals surface area contributed by atoms with Crippen LogP contribution in [-0.4, -0.2) is 19.3 Å². The van der Waals surface area contributed by atoms with Crippen LogP contribution in [0.15, 0.2) is 0 Å². The minimum absolute atomic E-state index is 0.505. The monoisotopic (exact) mass is 186 g/mol. The third kappa shape index (κ3) is 6.05. The second-order valence-electron chi connectivity index (χ2n) is 3.77. The summed E-state index contributed by atoms with van der Waals surface area (Å²) >= 11 is 0. The van der Waals surface area contributed by atoms with Crippen molar-refractivity contribution < 1.29 is 0 Å². The molecule has 0 spiro atoms. The molecule has 0 aromatic heterocycles. The second kappa shape index (κ2) is 8.52. The van der Waals surface area contributed by atoms with Gasteiger partial charge in [-0.3, -0.25) is 0 Å². The van der Waals surface area contributed by atoms with Crippen LogP contribution in [0.5, 0.6) is 0 Å². The van der Waals surface area contributed by atoms with Crippen LogP contribution < -0.4 is 10.6 Å². The molecule has 0 aliphatic heterocycles. The maximum absolute atomic E-state index is 3.54. The first-order valence-corrected chi connectivity index (χ1v) is 5.72. The van der Waals surface area contributed by atoms with Crippen LogP contribution in [0.3, 0.4) is 0 Å². The average molecular weight is 186 g/mol. The van der Waals surface area contributed by atoms with Crippen LogP contribution in [0.4, 0.5) is 0 Å². The Labute approximate surface area is 83.5 Å². The first-order valence-electron chi connectivity index (χ1n) is 5.72. The summed E-state index contributed by atoms with van der Waals surface area (Å²) in [4.78, 5) is 0. The Morgan fingerprint density at radius 2 is 1.38 bits per heavy atom. The van der Waals surface area contributed by atoms with Crippen LogP contribution >= 0.6 is 0 Å². The lowest BCUT2D eigenvalue weighted by molar-refractivity contribution is 0.311. The van der Waals surface area contributed by atoms with E-state index in [1.165, 1.54) is 19.3 Å². The van der Waals surface area contributed by atoms with E-state index in [-0.39, 0.29) is 0 Å². The fourth-order valence-corrected chi connectivity index (χ4v) is 1.31. The van der Waals surface area contributed by atoms with Crippen LogP contribution in [0.2, 0.25) is 0 Å². The van der Waals surface area contributed by atoms with E-state index in [1.54, 1.807) is 0 Å². The standard InChI is InChI=1S/C11H26N2/c1-5-8-12-11(10(4)7-3)13-9-6-2/h10-13H,5-9H2,1-4H3. The van der Waals surface area contributed by atoms with E-state index < -0.39 is 0 Å². The van der Waals surface area contributed by atoms with Crippen LogP contribution in [0, 0.1) is 5.92 Å². The van der Waals surface area contributed by atoms with Crippen molar-refractivity contribution in [3.8, 4) is 0 Å². The summed E-state index contributed by atoms with van der Waals surface area (Å²) in [6.07, 6.45) is 4.16. The summed E-state index contributed by atoms with van der Waals surface area (Å²) in [5.74, 6) is 0.720. The van der Waals surface area contributed by atoms with Gasteiger partial charge in [0, 0.05) is 0 Å². The first kappa shape index (κ1) is 12.9. The molecule has 1 unspecified atom stereocenters. The molecule has 0 fully saturated rings. The molecule has 2 N–H and O–H groups in total. The molecule has 0 amide bonds. The summed E-state index contributed by atoms with van der Waals surface area (Å²) in [6, 6.07) is 0. The Bertz CT molecular complexity index is 96.3. The van der Waals surface area contributed by atoms with Crippen molar-refractivity contribution in [2.75, 3.05) is 13.1 Å². The van der Waals surface area contributed by atoms with Crippen LogP contribution in [-0.2, 0) is 0 Å². The largest absolute Gasteiger partial charge is 0.302 e.